The fourth-order valence-electron chi connectivity index (χ4n) is 1.38. The van der Waals surface area contributed by atoms with Gasteiger partial charge in [-0.2, -0.15) is 12.6 Å². The molecule has 4 nitrogen and oxygen atoms in total. The van der Waals surface area contributed by atoms with Crippen molar-refractivity contribution < 1.29 is 9.59 Å². The van der Waals surface area contributed by atoms with Gasteiger partial charge in [-0.15, -0.1) is 0 Å². The molecule has 92 valence electrons. The van der Waals surface area contributed by atoms with Crippen LogP contribution in [0.1, 0.15) is 33.1 Å². The van der Waals surface area contributed by atoms with E-state index in [-0.39, 0.29) is 11.3 Å². The summed E-state index contributed by atoms with van der Waals surface area (Å²) in [6, 6.07) is 0. The zero-order valence-corrected chi connectivity index (χ0v) is 10.8. The molecular weight excluding hydrogens is 224 g/mol. The molecule has 0 aliphatic heterocycles. The molecule has 1 saturated carbocycles. The predicted octanol–water partition coefficient (Wildman–Crippen LogP) is 0.714. The molecule has 0 spiro atoms. The van der Waals surface area contributed by atoms with E-state index in [1.54, 1.807) is 13.8 Å². The minimum atomic E-state index is -0.687. The Bertz CT molecular complexity index is 298. The SMILES string of the molecule is CC(C)(CNC(=O)CC1(CS)CC1)C(N)=O. The number of hydrogen-bond acceptors (Lipinski definition) is 3. The second kappa shape index (κ2) is 4.65. The molecule has 1 fully saturated rings. The van der Waals surface area contributed by atoms with Crippen LogP contribution in [0.15, 0.2) is 0 Å². The van der Waals surface area contributed by atoms with Crippen LogP contribution in [0, 0.1) is 10.8 Å². The van der Waals surface area contributed by atoms with Crippen molar-refractivity contribution in [2.24, 2.45) is 16.6 Å². The third-order valence-corrected chi connectivity index (χ3v) is 3.89. The first kappa shape index (κ1) is 13.4. The van der Waals surface area contributed by atoms with Crippen molar-refractivity contribution in [2.45, 2.75) is 33.1 Å². The minimum Gasteiger partial charge on any atom is -0.369 e. The summed E-state index contributed by atoms with van der Waals surface area (Å²) in [6.07, 6.45) is 2.65. The fourth-order valence-corrected chi connectivity index (χ4v) is 1.81. The first-order chi connectivity index (χ1) is 7.31. The first-order valence-corrected chi connectivity index (χ1v) is 6.12. The van der Waals surface area contributed by atoms with Crippen LogP contribution in [0.2, 0.25) is 0 Å². The maximum atomic E-state index is 11.6. The van der Waals surface area contributed by atoms with Crippen LogP contribution in [-0.2, 0) is 9.59 Å². The van der Waals surface area contributed by atoms with Gasteiger partial charge in [-0.25, -0.2) is 0 Å². The van der Waals surface area contributed by atoms with E-state index in [4.69, 9.17) is 5.73 Å². The standard InChI is InChI=1S/C11H20N2O2S/c1-10(2,9(12)15)6-13-8(14)5-11(7-16)3-4-11/h16H,3-7H2,1-2H3,(H2,12,15)(H,13,14). The molecule has 0 radical (unpaired) electrons. The lowest BCUT2D eigenvalue weighted by atomic mass is 9.92. The molecule has 0 bridgehead atoms. The highest BCUT2D eigenvalue weighted by atomic mass is 32.1. The van der Waals surface area contributed by atoms with Crippen LogP contribution in [0.5, 0.6) is 0 Å². The topological polar surface area (TPSA) is 72.2 Å². The zero-order chi connectivity index (χ0) is 12.4. The summed E-state index contributed by atoms with van der Waals surface area (Å²) in [4.78, 5) is 22.7. The highest BCUT2D eigenvalue weighted by Crippen LogP contribution is 2.49. The molecule has 3 N–H and O–H groups in total. The third-order valence-electron chi connectivity index (χ3n) is 3.22. The lowest BCUT2D eigenvalue weighted by Gasteiger charge is -2.21. The number of rotatable bonds is 6. The van der Waals surface area contributed by atoms with Crippen molar-refractivity contribution >= 4 is 24.4 Å². The van der Waals surface area contributed by atoms with Crippen molar-refractivity contribution in [3.05, 3.63) is 0 Å². The number of nitrogens with two attached hydrogens (primary N) is 1. The highest BCUT2D eigenvalue weighted by Gasteiger charge is 2.43. The molecule has 2 amide bonds. The predicted molar refractivity (Wildman–Crippen MR) is 66.1 cm³/mol. The van der Waals surface area contributed by atoms with Crippen LogP contribution in [0.3, 0.4) is 0 Å². The lowest BCUT2D eigenvalue weighted by molar-refractivity contribution is -0.127. The van der Waals surface area contributed by atoms with Gasteiger partial charge in [0.15, 0.2) is 0 Å². The number of nitrogens with one attached hydrogen (secondary N) is 1. The summed E-state index contributed by atoms with van der Waals surface area (Å²) < 4.78 is 0. The van der Waals surface area contributed by atoms with Gasteiger partial charge in [0.05, 0.1) is 5.41 Å². The molecule has 0 heterocycles. The van der Waals surface area contributed by atoms with Crippen molar-refractivity contribution in [3.63, 3.8) is 0 Å². The van der Waals surface area contributed by atoms with Gasteiger partial charge in [0.25, 0.3) is 0 Å². The average molecular weight is 244 g/mol. The maximum absolute atomic E-state index is 11.6. The van der Waals surface area contributed by atoms with Crippen molar-refractivity contribution in [2.75, 3.05) is 12.3 Å². The van der Waals surface area contributed by atoms with Gasteiger partial charge in [0, 0.05) is 13.0 Å². The Morgan fingerprint density at radius 3 is 2.38 bits per heavy atom. The van der Waals surface area contributed by atoms with Gasteiger partial charge in [0.1, 0.15) is 0 Å². The number of hydrogen-bond donors (Lipinski definition) is 3. The fraction of sp³-hybridized carbons (Fsp3) is 0.818. The molecule has 1 aliphatic carbocycles. The van der Waals surface area contributed by atoms with E-state index in [0.29, 0.717) is 13.0 Å². The Balaban J connectivity index is 2.33. The van der Waals surface area contributed by atoms with E-state index in [1.165, 1.54) is 0 Å². The van der Waals surface area contributed by atoms with Gasteiger partial charge < -0.3 is 11.1 Å². The minimum absolute atomic E-state index is 0.0131. The molecule has 5 heteroatoms. The van der Waals surface area contributed by atoms with Crippen molar-refractivity contribution in [3.8, 4) is 0 Å². The lowest BCUT2D eigenvalue weighted by Crippen LogP contribution is -2.42. The summed E-state index contributed by atoms with van der Waals surface area (Å²) in [7, 11) is 0. The molecule has 0 saturated heterocycles. The van der Waals surface area contributed by atoms with Crippen molar-refractivity contribution in [1.29, 1.82) is 0 Å². The van der Waals surface area contributed by atoms with Gasteiger partial charge in [0.2, 0.25) is 11.8 Å². The monoisotopic (exact) mass is 244 g/mol. The number of carbonyl (C=O) groups excluding carboxylic acids is 2. The second-order valence-electron chi connectivity index (χ2n) is 5.36. The number of thiol groups is 1. The van der Waals surface area contributed by atoms with E-state index in [9.17, 15) is 9.59 Å². The Kier molecular flexibility index (Phi) is 3.88. The number of amides is 2. The van der Waals surface area contributed by atoms with Crippen LogP contribution >= 0.6 is 12.6 Å². The quantitative estimate of drug-likeness (QED) is 0.602. The smallest absolute Gasteiger partial charge is 0.224 e. The van der Waals surface area contributed by atoms with Gasteiger partial charge >= 0.3 is 0 Å². The Labute approximate surface area is 102 Å². The zero-order valence-electron chi connectivity index (χ0n) is 9.88. The number of carbonyl (C=O) groups is 2. The average Bonchev–Trinajstić information content (AvgIpc) is 2.95. The Hall–Kier alpha value is -0.710. The largest absolute Gasteiger partial charge is 0.369 e. The molecule has 0 aromatic heterocycles. The number of primary amides is 1. The van der Waals surface area contributed by atoms with Gasteiger partial charge in [-0.05, 0) is 37.9 Å². The summed E-state index contributed by atoms with van der Waals surface area (Å²) in [5, 5.41) is 2.76. The Morgan fingerprint density at radius 1 is 1.44 bits per heavy atom. The summed E-state index contributed by atoms with van der Waals surface area (Å²) >= 11 is 4.24. The third kappa shape index (κ3) is 3.40. The first-order valence-electron chi connectivity index (χ1n) is 5.49. The molecule has 1 aliphatic rings. The van der Waals surface area contributed by atoms with Crippen LogP contribution in [0.25, 0.3) is 0 Å². The normalized spacial score (nSPS) is 17.9. The van der Waals surface area contributed by atoms with E-state index in [0.717, 1.165) is 18.6 Å². The summed E-state index contributed by atoms with van der Waals surface area (Å²) in [6.45, 7) is 3.74. The highest BCUT2D eigenvalue weighted by molar-refractivity contribution is 7.80. The van der Waals surface area contributed by atoms with Crippen LogP contribution in [0.4, 0.5) is 0 Å². The molecule has 0 unspecified atom stereocenters. The van der Waals surface area contributed by atoms with Crippen LogP contribution in [-0.4, -0.2) is 24.1 Å². The van der Waals surface area contributed by atoms with E-state index in [2.05, 4.69) is 17.9 Å². The molecule has 0 aromatic carbocycles. The van der Waals surface area contributed by atoms with Crippen molar-refractivity contribution in [1.82, 2.24) is 5.32 Å². The van der Waals surface area contributed by atoms with Gasteiger partial charge in [-0.1, -0.05) is 0 Å². The summed E-state index contributed by atoms with van der Waals surface area (Å²) in [5.74, 6) is 0.337. The van der Waals surface area contributed by atoms with E-state index >= 15 is 0 Å². The van der Waals surface area contributed by atoms with E-state index in [1.807, 2.05) is 0 Å². The summed E-state index contributed by atoms with van der Waals surface area (Å²) in [5.41, 5.74) is 4.65. The maximum Gasteiger partial charge on any atom is 0.224 e. The van der Waals surface area contributed by atoms with E-state index < -0.39 is 11.3 Å². The van der Waals surface area contributed by atoms with Gasteiger partial charge in [-0.3, -0.25) is 9.59 Å². The molecule has 1 rings (SSSR count). The second-order valence-corrected chi connectivity index (χ2v) is 5.68. The molecule has 0 aromatic rings. The van der Waals surface area contributed by atoms with Crippen LogP contribution < -0.4 is 11.1 Å². The molecular formula is C11H20N2O2S. The molecule has 16 heavy (non-hydrogen) atoms. The Morgan fingerprint density at radius 2 is 2.00 bits per heavy atom. The molecule has 0 atom stereocenters.